The van der Waals surface area contributed by atoms with Crippen LogP contribution in [0.25, 0.3) is 0 Å². The molecule has 0 aliphatic heterocycles. The number of hydrogen-bond donors (Lipinski definition) is 0. The van der Waals surface area contributed by atoms with Gasteiger partial charge in [-0.1, -0.05) is 12.1 Å². The first-order valence-electron chi connectivity index (χ1n) is 5.40. The van der Waals surface area contributed by atoms with Crippen molar-refractivity contribution in [1.82, 2.24) is 4.90 Å². The molecule has 0 aliphatic rings. The van der Waals surface area contributed by atoms with Crippen LogP contribution in [0.5, 0.6) is 0 Å². The molecule has 4 heteroatoms. The van der Waals surface area contributed by atoms with Crippen LogP contribution in [0.4, 0.5) is 8.78 Å². The van der Waals surface area contributed by atoms with Crippen LogP contribution in [-0.2, 0) is 11.2 Å². The van der Waals surface area contributed by atoms with Crippen molar-refractivity contribution in [2.75, 3.05) is 14.1 Å². The van der Waals surface area contributed by atoms with Gasteiger partial charge in [0.25, 0.3) is 0 Å². The number of carbonyl (C=O) groups is 1. The summed E-state index contributed by atoms with van der Waals surface area (Å²) in [5, 5.41) is 0. The minimum atomic E-state index is -0.935. The van der Waals surface area contributed by atoms with Crippen molar-refractivity contribution < 1.29 is 13.6 Å². The Morgan fingerprint density at radius 1 is 1.29 bits per heavy atom. The molecule has 0 unspecified atom stereocenters. The molecule has 0 fully saturated rings. The average molecular weight is 241 g/mol. The lowest BCUT2D eigenvalue weighted by Gasteiger charge is -2.30. The molecule has 0 saturated heterocycles. The smallest absolute Gasteiger partial charge is 0.162 e. The van der Waals surface area contributed by atoms with E-state index in [2.05, 4.69) is 0 Å². The molecule has 94 valence electrons. The summed E-state index contributed by atoms with van der Waals surface area (Å²) in [7, 11) is 3.56. The second kappa shape index (κ2) is 4.92. The predicted molar refractivity (Wildman–Crippen MR) is 62.8 cm³/mol. The third-order valence-corrected chi connectivity index (χ3v) is 3.18. The zero-order valence-electron chi connectivity index (χ0n) is 10.6. The molecule has 0 saturated carbocycles. The molecule has 0 aromatic heterocycles. The lowest BCUT2D eigenvalue weighted by Crippen LogP contribution is -2.46. The Bertz CT molecular complexity index is 427. The summed E-state index contributed by atoms with van der Waals surface area (Å²) >= 11 is 0. The van der Waals surface area contributed by atoms with Crippen molar-refractivity contribution in [3.63, 3.8) is 0 Å². The van der Waals surface area contributed by atoms with Gasteiger partial charge in [0.05, 0.1) is 5.54 Å². The van der Waals surface area contributed by atoms with E-state index in [0.29, 0.717) is 0 Å². The van der Waals surface area contributed by atoms with Crippen molar-refractivity contribution in [1.29, 1.82) is 0 Å². The number of hydrogen-bond acceptors (Lipinski definition) is 2. The maximum atomic E-state index is 13.4. The summed E-state index contributed by atoms with van der Waals surface area (Å²) < 4.78 is 26.4. The third-order valence-electron chi connectivity index (χ3n) is 3.18. The number of carbonyl (C=O) groups excluding carboxylic acids is 1. The zero-order valence-corrected chi connectivity index (χ0v) is 10.6. The summed E-state index contributed by atoms with van der Waals surface area (Å²) in [4.78, 5) is 13.8. The van der Waals surface area contributed by atoms with Gasteiger partial charge in [-0.05, 0) is 39.6 Å². The number of nitrogens with zero attached hydrogens (tertiary/aromatic N) is 1. The molecule has 17 heavy (non-hydrogen) atoms. The van der Waals surface area contributed by atoms with Crippen LogP contribution in [0.1, 0.15) is 19.4 Å². The molecule has 1 aromatic carbocycles. The number of halogens is 2. The van der Waals surface area contributed by atoms with Crippen molar-refractivity contribution in [3.8, 4) is 0 Å². The maximum absolute atomic E-state index is 13.4. The maximum Gasteiger partial charge on any atom is 0.162 e. The molecule has 1 rings (SSSR count). The number of Topliss-reactive ketones (excluding diaryl/α,β-unsaturated/α-hetero) is 1. The molecule has 1 aromatic rings. The molecule has 0 spiro atoms. The summed E-state index contributed by atoms with van der Waals surface area (Å²) in [6, 6.07) is 3.88. The number of ketones is 1. The van der Waals surface area contributed by atoms with Crippen LogP contribution < -0.4 is 0 Å². The summed E-state index contributed by atoms with van der Waals surface area (Å²) in [6.45, 7) is 3.51. The molecule has 0 aliphatic carbocycles. The second-order valence-corrected chi connectivity index (χ2v) is 4.77. The first-order valence-corrected chi connectivity index (χ1v) is 5.40. The van der Waals surface area contributed by atoms with E-state index in [9.17, 15) is 13.6 Å². The Morgan fingerprint density at radius 2 is 1.88 bits per heavy atom. The van der Waals surface area contributed by atoms with E-state index in [1.165, 1.54) is 12.1 Å². The van der Waals surface area contributed by atoms with Crippen LogP contribution in [0.3, 0.4) is 0 Å². The second-order valence-electron chi connectivity index (χ2n) is 4.77. The summed E-state index contributed by atoms with van der Waals surface area (Å²) in [6.07, 6.45) is -0.102. The molecule has 0 bridgehead atoms. The topological polar surface area (TPSA) is 20.3 Å². The highest BCUT2D eigenvalue weighted by Gasteiger charge is 2.30. The zero-order chi connectivity index (χ0) is 13.2. The van der Waals surface area contributed by atoms with Crippen LogP contribution in [0.2, 0.25) is 0 Å². The fourth-order valence-electron chi connectivity index (χ4n) is 1.32. The van der Waals surface area contributed by atoms with Gasteiger partial charge >= 0.3 is 0 Å². The largest absolute Gasteiger partial charge is 0.298 e. The first-order chi connectivity index (χ1) is 7.76. The normalized spacial score (nSPS) is 11.9. The number of benzene rings is 1. The van der Waals surface area contributed by atoms with Gasteiger partial charge in [-0.3, -0.25) is 9.69 Å². The Balaban J connectivity index is 2.93. The van der Waals surface area contributed by atoms with Gasteiger partial charge in [-0.2, -0.15) is 0 Å². The van der Waals surface area contributed by atoms with Crippen molar-refractivity contribution >= 4 is 5.78 Å². The van der Waals surface area contributed by atoms with Crippen LogP contribution >= 0.6 is 0 Å². The van der Waals surface area contributed by atoms with Gasteiger partial charge in [0.2, 0.25) is 0 Å². The van der Waals surface area contributed by atoms with Crippen LogP contribution in [0.15, 0.2) is 18.2 Å². The predicted octanol–water partition coefficient (Wildman–Crippen LogP) is 2.42. The Hall–Kier alpha value is -1.29. The molecular weight excluding hydrogens is 224 g/mol. The molecule has 0 radical (unpaired) electrons. The molecule has 0 heterocycles. The van der Waals surface area contributed by atoms with Crippen molar-refractivity contribution in [2.45, 2.75) is 25.8 Å². The SMILES string of the molecule is CN(C)C(C)(C)C(=O)Cc1cccc(F)c1F. The lowest BCUT2D eigenvalue weighted by molar-refractivity contribution is -0.127. The van der Waals surface area contributed by atoms with E-state index in [0.717, 1.165) is 6.07 Å². The van der Waals surface area contributed by atoms with E-state index in [1.807, 2.05) is 0 Å². The fraction of sp³-hybridized carbons (Fsp3) is 0.462. The summed E-state index contributed by atoms with van der Waals surface area (Å²) in [5.74, 6) is -2.00. The Morgan fingerprint density at radius 3 is 2.41 bits per heavy atom. The highest BCUT2D eigenvalue weighted by molar-refractivity contribution is 5.89. The van der Waals surface area contributed by atoms with Crippen molar-refractivity contribution in [3.05, 3.63) is 35.4 Å². The lowest BCUT2D eigenvalue weighted by atomic mass is 9.92. The first kappa shape index (κ1) is 13.8. The highest BCUT2D eigenvalue weighted by atomic mass is 19.2. The minimum Gasteiger partial charge on any atom is -0.298 e. The van der Waals surface area contributed by atoms with Gasteiger partial charge in [0.15, 0.2) is 17.4 Å². The monoisotopic (exact) mass is 241 g/mol. The molecule has 0 N–H and O–H groups in total. The van der Waals surface area contributed by atoms with E-state index in [-0.39, 0.29) is 17.8 Å². The van der Waals surface area contributed by atoms with E-state index < -0.39 is 17.2 Å². The Kier molecular flexibility index (Phi) is 3.98. The van der Waals surface area contributed by atoms with Gasteiger partial charge < -0.3 is 0 Å². The Labute approximate surface area is 100 Å². The van der Waals surface area contributed by atoms with Gasteiger partial charge in [-0.25, -0.2) is 8.78 Å². The van der Waals surface area contributed by atoms with E-state index in [4.69, 9.17) is 0 Å². The highest BCUT2D eigenvalue weighted by Crippen LogP contribution is 2.18. The van der Waals surface area contributed by atoms with Crippen LogP contribution in [-0.4, -0.2) is 30.3 Å². The van der Waals surface area contributed by atoms with Crippen LogP contribution in [0, 0.1) is 11.6 Å². The quantitative estimate of drug-likeness (QED) is 0.807. The van der Waals surface area contributed by atoms with E-state index in [1.54, 1.807) is 32.8 Å². The molecule has 2 nitrogen and oxygen atoms in total. The average Bonchev–Trinajstić information content (AvgIpc) is 2.24. The minimum absolute atomic E-state index is 0.102. The number of rotatable bonds is 4. The third kappa shape index (κ3) is 2.88. The van der Waals surface area contributed by atoms with Gasteiger partial charge in [0, 0.05) is 6.42 Å². The fourth-order valence-corrected chi connectivity index (χ4v) is 1.32. The molecule has 0 amide bonds. The van der Waals surface area contributed by atoms with E-state index >= 15 is 0 Å². The molecular formula is C13H17F2NO. The molecule has 0 atom stereocenters. The summed E-state index contributed by atoms with van der Waals surface area (Å²) in [5.41, 5.74) is -0.594. The number of likely N-dealkylation sites (N-methyl/N-ethyl adjacent to an activating group) is 1. The van der Waals surface area contributed by atoms with Gasteiger partial charge in [-0.15, -0.1) is 0 Å². The van der Waals surface area contributed by atoms with Gasteiger partial charge in [0.1, 0.15) is 0 Å². The van der Waals surface area contributed by atoms with Crippen molar-refractivity contribution in [2.24, 2.45) is 0 Å². The standard InChI is InChI=1S/C13H17F2NO/c1-13(2,16(3)4)11(17)8-9-6-5-7-10(14)12(9)15/h5-7H,8H2,1-4H3.